The third-order valence-corrected chi connectivity index (χ3v) is 2.88. The molecular formula is C18H18O3. The van der Waals surface area contributed by atoms with Crippen molar-refractivity contribution in [2.75, 3.05) is 6.61 Å². The van der Waals surface area contributed by atoms with Crippen LogP contribution in [0.1, 0.15) is 11.1 Å². The minimum Gasteiger partial charge on any atom is -0.486 e. The molecule has 0 aliphatic carbocycles. The van der Waals surface area contributed by atoms with Crippen LogP contribution in [0.5, 0.6) is 0 Å². The highest BCUT2D eigenvalue weighted by atomic mass is 16.5. The van der Waals surface area contributed by atoms with Gasteiger partial charge in [-0.25, -0.2) is 0 Å². The number of aldehydes is 1. The van der Waals surface area contributed by atoms with Crippen molar-refractivity contribution >= 4 is 6.29 Å². The minimum absolute atomic E-state index is 0.298. The number of rotatable bonds is 8. The van der Waals surface area contributed by atoms with E-state index >= 15 is 0 Å². The summed E-state index contributed by atoms with van der Waals surface area (Å²) in [6.07, 6.45) is 2.35. The molecule has 0 spiro atoms. The van der Waals surface area contributed by atoms with E-state index in [1.807, 2.05) is 60.7 Å². The van der Waals surface area contributed by atoms with Crippen molar-refractivity contribution < 1.29 is 14.3 Å². The SMILES string of the molecule is O=C/C(=C\COCc1ccccc1)OCc1ccccc1. The van der Waals surface area contributed by atoms with E-state index in [-0.39, 0.29) is 0 Å². The van der Waals surface area contributed by atoms with Gasteiger partial charge in [0.1, 0.15) is 6.61 Å². The van der Waals surface area contributed by atoms with Crippen molar-refractivity contribution in [2.24, 2.45) is 0 Å². The second-order valence-corrected chi connectivity index (χ2v) is 4.50. The Labute approximate surface area is 124 Å². The molecule has 0 N–H and O–H groups in total. The number of hydrogen-bond acceptors (Lipinski definition) is 3. The van der Waals surface area contributed by atoms with Gasteiger partial charge in [0.05, 0.1) is 13.2 Å². The summed E-state index contributed by atoms with van der Waals surface area (Å²) in [6, 6.07) is 19.6. The van der Waals surface area contributed by atoms with Gasteiger partial charge in [0.25, 0.3) is 0 Å². The fourth-order valence-electron chi connectivity index (χ4n) is 1.77. The molecule has 0 bridgehead atoms. The Bertz CT molecular complexity index is 562. The first-order chi connectivity index (χ1) is 10.4. The van der Waals surface area contributed by atoms with Crippen LogP contribution in [-0.2, 0) is 27.5 Å². The zero-order valence-electron chi connectivity index (χ0n) is 11.8. The predicted octanol–water partition coefficient (Wildman–Crippen LogP) is 3.50. The first-order valence-electron chi connectivity index (χ1n) is 6.82. The molecule has 0 aliphatic rings. The van der Waals surface area contributed by atoms with Crippen LogP contribution in [0, 0.1) is 0 Å². The van der Waals surface area contributed by atoms with Crippen LogP contribution in [0.3, 0.4) is 0 Å². The Morgan fingerprint density at radius 2 is 1.43 bits per heavy atom. The molecule has 0 fully saturated rings. The lowest BCUT2D eigenvalue weighted by Crippen LogP contribution is -1.99. The Morgan fingerprint density at radius 1 is 0.857 bits per heavy atom. The van der Waals surface area contributed by atoms with E-state index in [4.69, 9.17) is 9.47 Å². The maximum absolute atomic E-state index is 10.9. The van der Waals surface area contributed by atoms with Gasteiger partial charge in [0.2, 0.25) is 0 Å². The van der Waals surface area contributed by atoms with Crippen molar-refractivity contribution in [1.82, 2.24) is 0 Å². The lowest BCUT2D eigenvalue weighted by atomic mass is 10.2. The van der Waals surface area contributed by atoms with E-state index in [9.17, 15) is 4.79 Å². The molecule has 0 radical (unpaired) electrons. The predicted molar refractivity (Wildman–Crippen MR) is 81.5 cm³/mol. The summed E-state index contributed by atoms with van der Waals surface area (Å²) in [5.41, 5.74) is 2.12. The van der Waals surface area contributed by atoms with Crippen LogP contribution >= 0.6 is 0 Å². The topological polar surface area (TPSA) is 35.5 Å². The summed E-state index contributed by atoms with van der Waals surface area (Å²) < 4.78 is 10.9. The van der Waals surface area contributed by atoms with Crippen LogP contribution < -0.4 is 0 Å². The maximum atomic E-state index is 10.9. The van der Waals surface area contributed by atoms with Crippen molar-refractivity contribution in [3.05, 3.63) is 83.6 Å². The van der Waals surface area contributed by atoms with Gasteiger partial charge in [-0.1, -0.05) is 60.7 Å². The van der Waals surface area contributed by atoms with Crippen LogP contribution in [0.25, 0.3) is 0 Å². The Balaban J connectivity index is 1.74. The fraction of sp³-hybridized carbons (Fsp3) is 0.167. The van der Waals surface area contributed by atoms with Crippen molar-refractivity contribution in [2.45, 2.75) is 13.2 Å². The molecule has 2 aromatic carbocycles. The molecule has 3 nitrogen and oxygen atoms in total. The highest BCUT2D eigenvalue weighted by Crippen LogP contribution is 2.05. The summed E-state index contributed by atoms with van der Waals surface area (Å²) in [5.74, 6) is 0.298. The smallest absolute Gasteiger partial charge is 0.184 e. The van der Waals surface area contributed by atoms with E-state index in [1.54, 1.807) is 6.08 Å². The fourth-order valence-corrected chi connectivity index (χ4v) is 1.77. The quantitative estimate of drug-likeness (QED) is 0.322. The molecule has 3 heteroatoms. The largest absolute Gasteiger partial charge is 0.486 e. The number of ether oxygens (including phenoxy) is 2. The molecule has 0 saturated heterocycles. The highest BCUT2D eigenvalue weighted by molar-refractivity contribution is 5.70. The minimum atomic E-state index is 0.298. The first-order valence-corrected chi connectivity index (χ1v) is 6.82. The van der Waals surface area contributed by atoms with Gasteiger partial charge in [-0.15, -0.1) is 0 Å². The second kappa shape index (κ2) is 8.72. The average Bonchev–Trinajstić information content (AvgIpc) is 2.56. The molecule has 0 atom stereocenters. The maximum Gasteiger partial charge on any atom is 0.184 e. The van der Waals surface area contributed by atoms with E-state index in [2.05, 4.69) is 0 Å². The van der Waals surface area contributed by atoms with Crippen LogP contribution in [-0.4, -0.2) is 12.9 Å². The Morgan fingerprint density at radius 3 is 2.00 bits per heavy atom. The van der Waals surface area contributed by atoms with Crippen molar-refractivity contribution in [3.63, 3.8) is 0 Å². The molecule has 0 aromatic heterocycles. The summed E-state index contributed by atoms with van der Waals surface area (Å²) in [7, 11) is 0. The van der Waals surface area contributed by atoms with Gasteiger partial charge < -0.3 is 9.47 Å². The lowest BCUT2D eigenvalue weighted by molar-refractivity contribution is -0.108. The van der Waals surface area contributed by atoms with E-state index < -0.39 is 0 Å². The summed E-state index contributed by atoms with van der Waals surface area (Å²) >= 11 is 0. The normalized spacial score (nSPS) is 11.1. The molecule has 0 saturated carbocycles. The molecule has 108 valence electrons. The lowest BCUT2D eigenvalue weighted by Gasteiger charge is -2.06. The third-order valence-electron chi connectivity index (χ3n) is 2.88. The van der Waals surface area contributed by atoms with Crippen LogP contribution in [0.4, 0.5) is 0 Å². The van der Waals surface area contributed by atoms with Crippen LogP contribution in [0.2, 0.25) is 0 Å². The molecule has 21 heavy (non-hydrogen) atoms. The molecule has 2 aromatic rings. The number of carbonyl (C=O) groups excluding carboxylic acids is 1. The Hall–Kier alpha value is -2.39. The number of allylic oxidation sites excluding steroid dienone is 1. The number of benzene rings is 2. The summed E-state index contributed by atoms with van der Waals surface area (Å²) in [5, 5.41) is 0. The number of carbonyl (C=O) groups is 1. The number of hydrogen-bond donors (Lipinski definition) is 0. The van der Waals surface area contributed by atoms with Crippen LogP contribution in [0.15, 0.2) is 72.5 Å². The molecule has 0 unspecified atom stereocenters. The molecule has 0 aliphatic heterocycles. The van der Waals surface area contributed by atoms with Gasteiger partial charge in [0, 0.05) is 0 Å². The average molecular weight is 282 g/mol. The van der Waals surface area contributed by atoms with Gasteiger partial charge >= 0.3 is 0 Å². The van der Waals surface area contributed by atoms with E-state index in [1.165, 1.54) is 0 Å². The van der Waals surface area contributed by atoms with Crippen molar-refractivity contribution in [1.29, 1.82) is 0 Å². The van der Waals surface area contributed by atoms with Gasteiger partial charge in [-0.05, 0) is 17.2 Å². The third kappa shape index (κ3) is 5.63. The molecule has 0 amide bonds. The summed E-state index contributed by atoms with van der Waals surface area (Å²) in [4.78, 5) is 10.9. The Kier molecular flexibility index (Phi) is 6.23. The molecule has 2 rings (SSSR count). The standard InChI is InChI=1S/C18H18O3/c19-13-18(21-15-17-9-5-2-6-10-17)11-12-20-14-16-7-3-1-4-8-16/h1-11,13H,12,14-15H2/b18-11+. The highest BCUT2D eigenvalue weighted by Gasteiger charge is 1.98. The monoisotopic (exact) mass is 282 g/mol. The van der Waals surface area contributed by atoms with Gasteiger partial charge in [-0.3, -0.25) is 4.79 Å². The molecular weight excluding hydrogens is 264 g/mol. The first kappa shape index (κ1) is 15.0. The van der Waals surface area contributed by atoms with Crippen molar-refractivity contribution in [3.8, 4) is 0 Å². The second-order valence-electron chi connectivity index (χ2n) is 4.50. The van der Waals surface area contributed by atoms with E-state index in [0.717, 1.165) is 11.1 Å². The van der Waals surface area contributed by atoms with E-state index in [0.29, 0.717) is 31.9 Å². The van der Waals surface area contributed by atoms with Gasteiger partial charge in [-0.2, -0.15) is 0 Å². The summed E-state index contributed by atoms with van der Waals surface area (Å²) in [6.45, 7) is 1.24. The zero-order chi connectivity index (χ0) is 14.8. The van der Waals surface area contributed by atoms with Gasteiger partial charge in [0.15, 0.2) is 12.0 Å². The zero-order valence-corrected chi connectivity index (χ0v) is 11.8. The molecule has 0 heterocycles.